The van der Waals surface area contributed by atoms with Crippen LogP contribution in [0.3, 0.4) is 0 Å². The second kappa shape index (κ2) is 10.7. The molecular formula is C19H19ClF2NOTi-. The van der Waals surface area contributed by atoms with E-state index in [0.717, 1.165) is 31.7 Å². The normalized spacial score (nSPS) is 10.2. The van der Waals surface area contributed by atoms with Gasteiger partial charge in [-0.3, -0.25) is 4.79 Å². The van der Waals surface area contributed by atoms with Gasteiger partial charge in [0.2, 0.25) is 5.91 Å². The summed E-state index contributed by atoms with van der Waals surface area (Å²) < 4.78 is 27.3. The van der Waals surface area contributed by atoms with Crippen molar-refractivity contribution in [3.05, 3.63) is 64.7 Å². The second-order valence-corrected chi connectivity index (χ2v) is 5.91. The van der Waals surface area contributed by atoms with Crippen LogP contribution in [-0.2, 0) is 21.7 Å². The standard InChI is InChI=1S/C19H19ClF2NO.Ti/c1-2-3-4-7-12-23(18-11-10-14(21)13-17(18)22)19(24)15-8-5-6-9-16(15)20;/h5-6,8-11H,2-4,7,12H2,1H3;/q-1;. The van der Waals surface area contributed by atoms with Gasteiger partial charge in [-0.1, -0.05) is 49.9 Å². The van der Waals surface area contributed by atoms with Crippen LogP contribution in [0.2, 0.25) is 5.02 Å². The minimum absolute atomic E-state index is 0. The van der Waals surface area contributed by atoms with Crippen molar-refractivity contribution in [2.24, 2.45) is 0 Å². The molecule has 25 heavy (non-hydrogen) atoms. The zero-order valence-corrected chi connectivity index (χ0v) is 16.3. The third kappa shape index (κ3) is 5.91. The first-order valence-corrected chi connectivity index (χ1v) is 8.36. The molecule has 0 aliphatic rings. The van der Waals surface area contributed by atoms with Crippen LogP contribution in [0.15, 0.2) is 36.4 Å². The molecule has 132 valence electrons. The smallest absolute Gasteiger partial charge is 0.248 e. The molecule has 2 aromatic carbocycles. The van der Waals surface area contributed by atoms with Gasteiger partial charge in [0.05, 0.1) is 10.6 Å². The summed E-state index contributed by atoms with van der Waals surface area (Å²) in [6, 6.07) is 11.0. The predicted octanol–water partition coefficient (Wildman–Crippen LogP) is 5.64. The minimum atomic E-state index is -0.883. The first-order valence-electron chi connectivity index (χ1n) is 7.98. The maximum atomic E-state index is 14.1. The maximum Gasteiger partial charge on any atom is 0.248 e. The minimum Gasteiger partial charge on any atom is -0.359 e. The van der Waals surface area contributed by atoms with Crippen molar-refractivity contribution in [1.29, 1.82) is 0 Å². The Morgan fingerprint density at radius 2 is 1.84 bits per heavy atom. The fourth-order valence-corrected chi connectivity index (χ4v) is 2.67. The van der Waals surface area contributed by atoms with Gasteiger partial charge >= 0.3 is 0 Å². The molecule has 1 amide bonds. The van der Waals surface area contributed by atoms with Crippen LogP contribution >= 0.6 is 11.6 Å². The topological polar surface area (TPSA) is 20.3 Å². The number of rotatable bonds is 7. The summed E-state index contributed by atoms with van der Waals surface area (Å²) in [5, 5.41) is 0.299. The van der Waals surface area contributed by atoms with Crippen LogP contribution in [0, 0.1) is 17.7 Å². The van der Waals surface area contributed by atoms with Crippen LogP contribution in [0.4, 0.5) is 14.5 Å². The number of carbonyl (C=O) groups is 1. The zero-order valence-electron chi connectivity index (χ0n) is 14.0. The van der Waals surface area contributed by atoms with Gasteiger partial charge in [-0.25, -0.2) is 8.78 Å². The number of hydrogen-bond donors (Lipinski definition) is 0. The zero-order chi connectivity index (χ0) is 17.5. The molecule has 0 aliphatic carbocycles. The summed E-state index contributed by atoms with van der Waals surface area (Å²) in [7, 11) is 0. The molecule has 0 aromatic heterocycles. The van der Waals surface area contributed by atoms with Gasteiger partial charge in [0, 0.05) is 39.9 Å². The van der Waals surface area contributed by atoms with Gasteiger partial charge in [0.15, 0.2) is 0 Å². The Kier molecular flexibility index (Phi) is 9.33. The second-order valence-electron chi connectivity index (χ2n) is 5.50. The van der Waals surface area contributed by atoms with E-state index in [1.165, 1.54) is 11.0 Å². The summed E-state index contributed by atoms with van der Waals surface area (Å²) in [5.41, 5.74) is 0.302. The van der Waals surface area contributed by atoms with E-state index >= 15 is 0 Å². The summed E-state index contributed by atoms with van der Waals surface area (Å²) in [4.78, 5) is 14.1. The molecular weight excluding hydrogens is 380 g/mol. The molecule has 0 spiro atoms. The molecule has 2 aromatic rings. The van der Waals surface area contributed by atoms with E-state index in [0.29, 0.717) is 17.1 Å². The molecule has 2 rings (SSSR count). The Morgan fingerprint density at radius 3 is 2.48 bits per heavy atom. The van der Waals surface area contributed by atoms with Crippen molar-refractivity contribution in [3.8, 4) is 0 Å². The number of anilines is 1. The van der Waals surface area contributed by atoms with Crippen LogP contribution in [0.1, 0.15) is 43.0 Å². The molecule has 0 saturated carbocycles. The number of benzene rings is 2. The van der Waals surface area contributed by atoms with Crippen molar-refractivity contribution in [1.82, 2.24) is 0 Å². The fraction of sp³-hybridized carbons (Fsp3) is 0.316. The van der Waals surface area contributed by atoms with Gasteiger partial charge in [-0.15, -0.1) is 18.2 Å². The number of carbonyl (C=O) groups excluding carboxylic acids is 1. The molecule has 0 atom stereocenters. The largest absolute Gasteiger partial charge is 0.359 e. The summed E-state index contributed by atoms with van der Waals surface area (Å²) in [6.07, 6.45) is 3.74. The van der Waals surface area contributed by atoms with E-state index in [4.69, 9.17) is 11.6 Å². The summed E-state index contributed by atoms with van der Waals surface area (Å²) >= 11 is 6.09. The Bertz CT molecular complexity index is 712. The van der Waals surface area contributed by atoms with Crippen LogP contribution < -0.4 is 4.90 Å². The van der Waals surface area contributed by atoms with Crippen LogP contribution in [-0.4, -0.2) is 12.5 Å². The van der Waals surface area contributed by atoms with E-state index in [1.54, 1.807) is 24.3 Å². The third-order valence-electron chi connectivity index (χ3n) is 3.72. The fourth-order valence-electron chi connectivity index (χ4n) is 2.45. The monoisotopic (exact) mass is 398 g/mol. The predicted molar refractivity (Wildman–Crippen MR) is 92.5 cm³/mol. The SMILES string of the molecule is CCCCCCN(C(=O)c1ccccc1Cl)c1ccc(F)[c-]c1F.[Ti]. The molecule has 0 aliphatic heterocycles. The van der Waals surface area contributed by atoms with E-state index in [9.17, 15) is 13.6 Å². The molecule has 0 radical (unpaired) electrons. The quantitative estimate of drug-likeness (QED) is 0.335. The summed E-state index contributed by atoms with van der Waals surface area (Å²) in [5.74, 6) is -2.09. The Labute approximate surface area is 167 Å². The van der Waals surface area contributed by atoms with Crippen LogP contribution in [0.25, 0.3) is 0 Å². The molecule has 0 saturated heterocycles. The Morgan fingerprint density at radius 1 is 1.12 bits per heavy atom. The number of hydrogen-bond acceptors (Lipinski definition) is 1. The van der Waals surface area contributed by atoms with Gasteiger partial charge in [-0.2, -0.15) is 0 Å². The first-order chi connectivity index (χ1) is 11.5. The Hall–Kier alpha value is -1.23. The van der Waals surface area contributed by atoms with Crippen LogP contribution in [0.5, 0.6) is 0 Å². The van der Waals surface area contributed by atoms with E-state index < -0.39 is 17.5 Å². The average Bonchev–Trinajstić information content (AvgIpc) is 2.56. The van der Waals surface area contributed by atoms with Gasteiger partial charge < -0.3 is 4.90 Å². The molecule has 0 unspecified atom stereocenters. The number of unbranched alkanes of at least 4 members (excludes halogenated alkanes) is 3. The van der Waals surface area contributed by atoms with E-state index in [1.807, 2.05) is 6.07 Å². The molecule has 0 N–H and O–H groups in total. The molecule has 2 nitrogen and oxygen atoms in total. The molecule has 0 fully saturated rings. The van der Waals surface area contributed by atoms with Crippen molar-refractivity contribution in [3.63, 3.8) is 0 Å². The summed E-state index contributed by atoms with van der Waals surface area (Å²) in [6.45, 7) is 2.42. The third-order valence-corrected chi connectivity index (χ3v) is 4.05. The maximum absolute atomic E-state index is 14.1. The Balaban J connectivity index is 0.00000312. The van der Waals surface area contributed by atoms with Crippen molar-refractivity contribution >= 4 is 23.2 Å². The number of amides is 1. The molecule has 0 heterocycles. The number of halogens is 3. The molecule has 6 heteroatoms. The van der Waals surface area contributed by atoms with Gasteiger partial charge in [0.1, 0.15) is 0 Å². The van der Waals surface area contributed by atoms with Gasteiger partial charge in [-0.05, 0) is 24.2 Å². The van der Waals surface area contributed by atoms with Crippen molar-refractivity contribution in [2.75, 3.05) is 11.4 Å². The number of nitrogens with zero attached hydrogens (tertiary/aromatic N) is 1. The molecule has 0 bridgehead atoms. The van der Waals surface area contributed by atoms with Gasteiger partial charge in [0.25, 0.3) is 0 Å². The first kappa shape index (κ1) is 21.8. The average molecular weight is 399 g/mol. The van der Waals surface area contributed by atoms with E-state index in [-0.39, 0.29) is 27.4 Å². The van der Waals surface area contributed by atoms with E-state index in [2.05, 4.69) is 6.92 Å². The van der Waals surface area contributed by atoms with Crippen molar-refractivity contribution in [2.45, 2.75) is 32.6 Å². The van der Waals surface area contributed by atoms with Crippen molar-refractivity contribution < 1.29 is 35.3 Å².